The Bertz CT molecular complexity index is 3290. The first kappa shape index (κ1) is 33.1. The minimum Gasteiger partial charge on any atom is -0.0616 e. The average Bonchev–Trinajstić information content (AvgIpc) is 3.27. The van der Waals surface area contributed by atoms with Crippen LogP contribution in [0.3, 0.4) is 0 Å². The summed E-state index contributed by atoms with van der Waals surface area (Å²) in [6.07, 6.45) is 0. The highest BCUT2D eigenvalue weighted by molar-refractivity contribution is 6.21. The second-order valence-corrected chi connectivity index (χ2v) is 15.2. The summed E-state index contributed by atoms with van der Waals surface area (Å²) in [5.41, 5.74) is 13.7. The van der Waals surface area contributed by atoms with Crippen LogP contribution in [0.25, 0.3) is 109 Å². The molecule has 11 aromatic rings. The molecule has 11 rings (SSSR count). The van der Waals surface area contributed by atoms with E-state index < -0.39 is 0 Å². The molecule has 0 heterocycles. The minimum absolute atomic E-state index is 1.21. The smallest absolute Gasteiger partial charge is 0.00262 e. The molecule has 0 atom stereocenters. The van der Waals surface area contributed by atoms with Crippen LogP contribution in [0.2, 0.25) is 0 Å². The second kappa shape index (κ2) is 13.5. The van der Waals surface area contributed by atoms with E-state index in [1.165, 1.54) is 115 Å². The Labute approximate surface area is 332 Å². The van der Waals surface area contributed by atoms with E-state index in [-0.39, 0.29) is 0 Å². The van der Waals surface area contributed by atoms with Gasteiger partial charge in [-0.25, -0.2) is 0 Å². The van der Waals surface area contributed by atoms with Crippen molar-refractivity contribution in [1.82, 2.24) is 0 Å². The molecule has 0 spiro atoms. The van der Waals surface area contributed by atoms with Gasteiger partial charge in [-0.2, -0.15) is 0 Å². The highest BCUT2D eigenvalue weighted by atomic mass is 14.2. The van der Waals surface area contributed by atoms with E-state index in [9.17, 15) is 0 Å². The summed E-state index contributed by atoms with van der Waals surface area (Å²) >= 11 is 0. The van der Waals surface area contributed by atoms with Gasteiger partial charge in [0.15, 0.2) is 0 Å². The number of benzene rings is 11. The molecule has 0 bridgehead atoms. The topological polar surface area (TPSA) is 0 Å². The molecule has 266 valence electrons. The summed E-state index contributed by atoms with van der Waals surface area (Å²) < 4.78 is 0. The van der Waals surface area contributed by atoms with E-state index in [2.05, 4.69) is 219 Å². The fourth-order valence-corrected chi connectivity index (χ4v) is 9.33. The molecule has 0 amide bonds. The van der Waals surface area contributed by atoms with Crippen LogP contribution in [0, 0.1) is 6.92 Å². The standard InChI is InChI=1S/C57H38/c1-37-25-26-39-14-4-6-19-47(39)54(37)41-28-30-42(31-29-41)55-50-21-8-10-23-52(50)57(53-24-11-9-22-51(53)55)45-18-12-17-44(36-45)49-34-33-40-15-5-7-20-48(40)56(49)46-32-27-38-13-2-3-16-43(38)35-46/h2-36H,1H3. The third-order valence-electron chi connectivity index (χ3n) is 12.0. The number of rotatable bonds is 5. The second-order valence-electron chi connectivity index (χ2n) is 15.2. The zero-order chi connectivity index (χ0) is 37.9. The molecule has 0 aliphatic heterocycles. The molecule has 0 aliphatic carbocycles. The fraction of sp³-hybridized carbons (Fsp3) is 0.0175. The number of hydrogen-bond acceptors (Lipinski definition) is 0. The molecule has 0 nitrogen and oxygen atoms in total. The maximum absolute atomic E-state index is 2.41. The molecular weight excluding hydrogens is 685 g/mol. The van der Waals surface area contributed by atoms with Crippen LogP contribution < -0.4 is 0 Å². The molecule has 0 radical (unpaired) electrons. The normalized spacial score (nSPS) is 11.6. The van der Waals surface area contributed by atoms with Gasteiger partial charge in [-0.3, -0.25) is 0 Å². The molecule has 0 unspecified atom stereocenters. The highest BCUT2D eigenvalue weighted by Gasteiger charge is 2.19. The van der Waals surface area contributed by atoms with Crippen molar-refractivity contribution in [3.8, 4) is 55.6 Å². The largest absolute Gasteiger partial charge is 0.0616 e. The third-order valence-corrected chi connectivity index (χ3v) is 12.0. The maximum atomic E-state index is 2.41. The predicted molar refractivity (Wildman–Crippen MR) is 246 cm³/mol. The Balaban J connectivity index is 1.09. The summed E-state index contributed by atoms with van der Waals surface area (Å²) in [4.78, 5) is 0. The molecule has 0 aliphatic rings. The van der Waals surface area contributed by atoms with Gasteiger partial charge in [-0.15, -0.1) is 0 Å². The number of fused-ring (bicyclic) bond motifs is 5. The molecule has 0 fully saturated rings. The van der Waals surface area contributed by atoms with Gasteiger partial charge in [0.2, 0.25) is 0 Å². The van der Waals surface area contributed by atoms with Crippen LogP contribution in [0.1, 0.15) is 5.56 Å². The Morgan fingerprint density at radius 2 is 0.649 bits per heavy atom. The van der Waals surface area contributed by atoms with Crippen LogP contribution >= 0.6 is 0 Å². The Morgan fingerprint density at radius 1 is 0.228 bits per heavy atom. The van der Waals surface area contributed by atoms with Gasteiger partial charge in [0.1, 0.15) is 0 Å². The van der Waals surface area contributed by atoms with Gasteiger partial charge in [-0.1, -0.05) is 200 Å². The summed E-state index contributed by atoms with van der Waals surface area (Å²) in [7, 11) is 0. The molecule has 0 heteroatoms. The van der Waals surface area contributed by atoms with E-state index in [0.717, 1.165) is 0 Å². The van der Waals surface area contributed by atoms with Crippen molar-refractivity contribution in [1.29, 1.82) is 0 Å². The van der Waals surface area contributed by atoms with Crippen molar-refractivity contribution >= 4 is 53.9 Å². The molecule has 0 N–H and O–H groups in total. The number of hydrogen-bond donors (Lipinski definition) is 0. The first-order valence-electron chi connectivity index (χ1n) is 19.8. The van der Waals surface area contributed by atoms with Gasteiger partial charge in [0, 0.05) is 0 Å². The monoisotopic (exact) mass is 722 g/mol. The Kier molecular flexibility index (Phi) is 7.83. The zero-order valence-corrected chi connectivity index (χ0v) is 31.7. The van der Waals surface area contributed by atoms with Crippen molar-refractivity contribution in [2.75, 3.05) is 0 Å². The van der Waals surface area contributed by atoms with Crippen LogP contribution in [0.15, 0.2) is 212 Å². The predicted octanol–water partition coefficient (Wildman–Crippen LogP) is 16.1. The van der Waals surface area contributed by atoms with Gasteiger partial charge in [-0.05, 0) is 134 Å². The first-order chi connectivity index (χ1) is 28.2. The van der Waals surface area contributed by atoms with Crippen LogP contribution in [0.4, 0.5) is 0 Å². The van der Waals surface area contributed by atoms with E-state index in [1.54, 1.807) is 0 Å². The molecular formula is C57H38. The lowest BCUT2D eigenvalue weighted by atomic mass is 9.84. The lowest BCUT2D eigenvalue weighted by molar-refractivity contribution is 1.49. The van der Waals surface area contributed by atoms with Crippen molar-refractivity contribution in [2.24, 2.45) is 0 Å². The SMILES string of the molecule is Cc1ccc2ccccc2c1-c1ccc(-c2c3ccccc3c(-c3cccc(-c4ccc5ccccc5c4-c4ccc5ccccc5c4)c3)c3ccccc23)cc1. The fourth-order valence-electron chi connectivity index (χ4n) is 9.33. The van der Waals surface area contributed by atoms with Gasteiger partial charge in [0.05, 0.1) is 0 Å². The zero-order valence-electron chi connectivity index (χ0n) is 31.7. The lowest BCUT2D eigenvalue weighted by Gasteiger charge is -2.19. The number of aryl methyl sites for hydroxylation is 1. The van der Waals surface area contributed by atoms with Gasteiger partial charge < -0.3 is 0 Å². The van der Waals surface area contributed by atoms with Crippen LogP contribution in [0.5, 0.6) is 0 Å². The quantitative estimate of drug-likeness (QED) is 0.155. The minimum atomic E-state index is 1.21. The first-order valence-corrected chi connectivity index (χ1v) is 19.8. The third kappa shape index (κ3) is 5.53. The highest BCUT2D eigenvalue weighted by Crippen LogP contribution is 2.46. The Morgan fingerprint density at radius 3 is 1.28 bits per heavy atom. The van der Waals surface area contributed by atoms with Crippen molar-refractivity contribution in [3.05, 3.63) is 218 Å². The van der Waals surface area contributed by atoms with E-state index in [4.69, 9.17) is 0 Å². The van der Waals surface area contributed by atoms with Gasteiger partial charge in [0.25, 0.3) is 0 Å². The lowest BCUT2D eigenvalue weighted by Crippen LogP contribution is -1.92. The van der Waals surface area contributed by atoms with E-state index >= 15 is 0 Å². The van der Waals surface area contributed by atoms with Crippen LogP contribution in [-0.2, 0) is 0 Å². The van der Waals surface area contributed by atoms with Crippen LogP contribution in [-0.4, -0.2) is 0 Å². The molecule has 0 saturated carbocycles. The molecule has 11 aromatic carbocycles. The van der Waals surface area contributed by atoms with Crippen molar-refractivity contribution in [2.45, 2.75) is 6.92 Å². The summed E-state index contributed by atoms with van der Waals surface area (Å²) in [6.45, 7) is 2.22. The summed E-state index contributed by atoms with van der Waals surface area (Å²) in [5.74, 6) is 0. The van der Waals surface area contributed by atoms with Crippen molar-refractivity contribution < 1.29 is 0 Å². The van der Waals surface area contributed by atoms with Crippen molar-refractivity contribution in [3.63, 3.8) is 0 Å². The summed E-state index contributed by atoms with van der Waals surface area (Å²) in [6, 6.07) is 78.4. The molecule has 0 saturated heterocycles. The average molecular weight is 723 g/mol. The van der Waals surface area contributed by atoms with E-state index in [0.29, 0.717) is 0 Å². The van der Waals surface area contributed by atoms with Gasteiger partial charge >= 0.3 is 0 Å². The summed E-state index contributed by atoms with van der Waals surface area (Å²) in [5, 5.41) is 12.6. The Hall–Kier alpha value is -7.28. The molecule has 57 heavy (non-hydrogen) atoms. The van der Waals surface area contributed by atoms with E-state index in [1.807, 2.05) is 0 Å². The maximum Gasteiger partial charge on any atom is -0.00262 e. The molecule has 0 aromatic heterocycles.